The fourth-order valence-electron chi connectivity index (χ4n) is 20.9. The van der Waals surface area contributed by atoms with Gasteiger partial charge in [-0.25, -0.2) is 0 Å². The maximum absolute atomic E-state index is 2.41. The predicted octanol–water partition coefficient (Wildman–Crippen LogP) is 34.9. The van der Waals surface area contributed by atoms with Gasteiger partial charge in [-0.1, -0.05) is 409 Å². The molecule has 3 heterocycles. The fraction of sp³-hybridized carbons (Fsp3) is 0.0476. The minimum atomic E-state index is 0.0782. The van der Waals surface area contributed by atoms with E-state index in [1.54, 1.807) is 0 Å². The molecule has 0 amide bonds. The van der Waals surface area contributed by atoms with E-state index in [-0.39, 0.29) is 5.41 Å². The van der Waals surface area contributed by atoms with Crippen molar-refractivity contribution in [2.24, 2.45) is 0 Å². The zero-order valence-corrected chi connectivity index (χ0v) is 72.7. The molecule has 0 unspecified atom stereocenters. The van der Waals surface area contributed by atoms with E-state index in [0.717, 1.165) is 0 Å². The molecule has 0 radical (unpaired) electrons. The van der Waals surface area contributed by atoms with Gasteiger partial charge in [0.25, 0.3) is 0 Å². The number of rotatable bonds is 10. The van der Waals surface area contributed by atoms with Crippen LogP contribution in [-0.4, -0.2) is 13.7 Å². The number of para-hydroxylation sites is 6. The third-order valence-corrected chi connectivity index (χ3v) is 26.8. The molecular weight excluding hydrogens is 1560 g/mol. The van der Waals surface area contributed by atoms with E-state index >= 15 is 0 Å². The van der Waals surface area contributed by atoms with Gasteiger partial charge in [-0.05, 0) is 251 Å². The Balaban J connectivity index is 0.000000111. The molecule has 0 aliphatic rings. The molecule has 0 atom stereocenters. The van der Waals surface area contributed by atoms with Gasteiger partial charge in [0, 0.05) is 49.4 Å². The van der Waals surface area contributed by atoms with Crippen molar-refractivity contribution in [2.45, 2.75) is 40.0 Å². The maximum Gasteiger partial charge on any atom is 0.0541 e. The van der Waals surface area contributed by atoms with Gasteiger partial charge in [-0.3, -0.25) is 0 Å². The normalized spacial score (nSPS) is 11.8. The van der Waals surface area contributed by atoms with Crippen molar-refractivity contribution in [1.29, 1.82) is 0 Å². The molecule has 0 saturated heterocycles. The molecule has 22 aromatic carbocycles. The van der Waals surface area contributed by atoms with Crippen LogP contribution < -0.4 is 0 Å². The molecule has 0 N–H and O–H groups in total. The van der Waals surface area contributed by atoms with Crippen LogP contribution in [0.1, 0.15) is 37.5 Å². The summed E-state index contributed by atoms with van der Waals surface area (Å²) in [5.74, 6) is 0. The largest absolute Gasteiger partial charge is 0.309 e. The second-order valence-electron chi connectivity index (χ2n) is 35.3. The summed E-state index contributed by atoms with van der Waals surface area (Å²) in [6.07, 6.45) is 0. The predicted molar refractivity (Wildman–Crippen MR) is 554 cm³/mol. The summed E-state index contributed by atoms with van der Waals surface area (Å²) in [4.78, 5) is 0. The highest BCUT2D eigenvalue weighted by Gasteiger charge is 2.25. The summed E-state index contributed by atoms with van der Waals surface area (Å²) in [6.45, 7) is 11.3. The molecule has 610 valence electrons. The monoisotopic (exact) mass is 1650 g/mol. The van der Waals surface area contributed by atoms with Crippen LogP contribution in [0.25, 0.3) is 225 Å². The Morgan fingerprint density at radius 3 is 0.636 bits per heavy atom. The number of fused-ring (bicyclic) bond motifs is 15. The quantitative estimate of drug-likeness (QED) is 0.121. The number of aryl methyl sites for hydroxylation is 2. The lowest BCUT2D eigenvalue weighted by Gasteiger charge is -2.22. The summed E-state index contributed by atoms with van der Waals surface area (Å²) in [5, 5.41) is 23.0. The van der Waals surface area contributed by atoms with Gasteiger partial charge >= 0.3 is 0 Å². The molecular formula is C126H91N3. The Hall–Kier alpha value is -16.2. The highest BCUT2D eigenvalue weighted by atomic mass is 15.0. The van der Waals surface area contributed by atoms with E-state index in [4.69, 9.17) is 0 Å². The van der Waals surface area contributed by atoms with Crippen molar-refractivity contribution in [1.82, 2.24) is 13.7 Å². The van der Waals surface area contributed by atoms with Crippen LogP contribution in [-0.2, 0) is 5.41 Å². The van der Waals surface area contributed by atoms with E-state index in [9.17, 15) is 0 Å². The Morgan fingerprint density at radius 1 is 0.155 bits per heavy atom. The number of hydrogen-bond acceptors (Lipinski definition) is 0. The van der Waals surface area contributed by atoms with Crippen LogP contribution in [0.15, 0.2) is 461 Å². The molecule has 0 saturated carbocycles. The number of benzene rings is 22. The van der Waals surface area contributed by atoms with Gasteiger partial charge in [0.15, 0.2) is 0 Å². The topological polar surface area (TPSA) is 14.8 Å². The number of nitrogens with zero attached hydrogens (tertiary/aromatic N) is 3. The van der Waals surface area contributed by atoms with E-state index in [2.05, 4.69) is 509 Å². The summed E-state index contributed by atoms with van der Waals surface area (Å²) < 4.78 is 7.22. The highest BCUT2D eigenvalue weighted by molar-refractivity contribution is 6.25. The van der Waals surface area contributed by atoms with Crippen molar-refractivity contribution < 1.29 is 0 Å². The third-order valence-electron chi connectivity index (χ3n) is 26.8. The lowest BCUT2D eigenvalue weighted by atomic mass is 9.82. The molecule has 129 heavy (non-hydrogen) atoms. The van der Waals surface area contributed by atoms with E-state index < -0.39 is 0 Å². The van der Waals surface area contributed by atoms with Crippen LogP contribution in [0.4, 0.5) is 0 Å². The lowest BCUT2D eigenvalue weighted by molar-refractivity contribution is 0.590. The second kappa shape index (κ2) is 32.1. The molecule has 0 bridgehead atoms. The highest BCUT2D eigenvalue weighted by Crippen LogP contribution is 2.50. The minimum Gasteiger partial charge on any atom is -0.309 e. The van der Waals surface area contributed by atoms with E-state index in [1.807, 2.05) is 0 Å². The smallest absolute Gasteiger partial charge is 0.0541 e. The van der Waals surface area contributed by atoms with Crippen molar-refractivity contribution in [3.63, 3.8) is 0 Å². The van der Waals surface area contributed by atoms with E-state index in [0.29, 0.717) is 0 Å². The number of hydrogen-bond donors (Lipinski definition) is 0. The Bertz CT molecular complexity index is 8430. The van der Waals surface area contributed by atoms with Crippen LogP contribution in [0.3, 0.4) is 0 Å². The van der Waals surface area contributed by atoms with Gasteiger partial charge in [0.05, 0.1) is 33.1 Å². The zero-order valence-electron chi connectivity index (χ0n) is 72.7. The van der Waals surface area contributed by atoms with Crippen LogP contribution in [0, 0.1) is 13.8 Å². The fourth-order valence-corrected chi connectivity index (χ4v) is 20.9. The number of aromatic nitrogens is 3. The molecule has 0 spiro atoms. The molecule has 0 aliphatic heterocycles. The maximum atomic E-state index is 2.41. The summed E-state index contributed by atoms with van der Waals surface area (Å²) in [6, 6.07) is 169. The Morgan fingerprint density at radius 2 is 0.364 bits per heavy atom. The van der Waals surface area contributed by atoms with Crippen molar-refractivity contribution in [3.05, 3.63) is 478 Å². The first-order valence-corrected chi connectivity index (χ1v) is 45.0. The first kappa shape index (κ1) is 77.6. The first-order valence-electron chi connectivity index (χ1n) is 45.0. The zero-order chi connectivity index (χ0) is 86.4. The van der Waals surface area contributed by atoms with Crippen LogP contribution >= 0.6 is 0 Å². The van der Waals surface area contributed by atoms with Gasteiger partial charge < -0.3 is 13.7 Å². The SMILES string of the molecule is CC(C)(C)c1cccc(-c2c3ccccc3c(-c3cccc(-n4c5ccccc5c5ccccc54)c3)c3ccccc23)c1.Cc1ccccc1-c1c2ccccc2c(-c2cccc(-n3c4ccccc4c4ccccc43)c2)c2ccccc12.Cc1ccccc1-c1ccc(-c2c3ccccc3c(-c3cccc(-n4c5ccccc5c5ccccc54)c3)c3ccccc23)cc1. The van der Waals surface area contributed by atoms with Crippen molar-refractivity contribution in [2.75, 3.05) is 0 Å². The molecule has 0 aliphatic carbocycles. The van der Waals surface area contributed by atoms with Crippen LogP contribution in [0.5, 0.6) is 0 Å². The molecule has 3 aromatic heterocycles. The molecule has 3 nitrogen and oxygen atoms in total. The van der Waals surface area contributed by atoms with Gasteiger partial charge in [0.2, 0.25) is 0 Å². The summed E-state index contributed by atoms with van der Waals surface area (Å²) >= 11 is 0. The molecule has 25 aromatic rings. The molecule has 0 fully saturated rings. The van der Waals surface area contributed by atoms with Gasteiger partial charge in [0.1, 0.15) is 0 Å². The van der Waals surface area contributed by atoms with E-state index in [1.165, 1.54) is 242 Å². The molecule has 3 heteroatoms. The van der Waals surface area contributed by atoms with Gasteiger partial charge in [-0.2, -0.15) is 0 Å². The standard InChI is InChI=1S/C45H31N.C42H33N.C39H27N/c1-30-13-2-3-16-35(30)31-25-27-32(28-26-31)44-38-19-4-6-21-40(38)45(41-22-7-5-20-39(41)44)33-14-12-15-34(29-33)46-42-23-10-8-17-36(42)37-18-9-11-24-43(37)46;1-42(2,3)30-16-12-14-28(26-30)40-34-20-4-6-22-36(34)41(37-23-7-5-21-35(37)40)29-15-13-17-31(27-29)43-38-24-10-8-18-32(38)33-19-9-11-25-39(33)43;1-26-13-2-3-16-29(26)39-34-21-6-4-19-32(34)38(33-20-5-7-22-35(33)39)27-14-12-15-28(25-27)40-36-23-10-8-17-30(36)31-18-9-11-24-37(31)40/h2-29H,1H3;4-27H,1-3H3;2-25H,1H3. The average molecular weight is 1650 g/mol. The average Bonchev–Trinajstić information content (AvgIpc) is 1.18. The van der Waals surface area contributed by atoms with Crippen molar-refractivity contribution >= 4 is 130 Å². The van der Waals surface area contributed by atoms with Crippen molar-refractivity contribution in [3.8, 4) is 95.0 Å². The third kappa shape index (κ3) is 13.3. The van der Waals surface area contributed by atoms with Crippen LogP contribution in [0.2, 0.25) is 0 Å². The lowest BCUT2D eigenvalue weighted by Crippen LogP contribution is -2.10. The Labute approximate surface area is 751 Å². The molecule has 25 rings (SSSR count). The minimum absolute atomic E-state index is 0.0782. The Kier molecular flexibility index (Phi) is 19.3. The first-order chi connectivity index (χ1) is 63.5. The summed E-state index contributed by atoms with van der Waals surface area (Å²) in [7, 11) is 0. The summed E-state index contributed by atoms with van der Waals surface area (Å²) in [5.41, 5.74) is 32.6. The van der Waals surface area contributed by atoms with Gasteiger partial charge in [-0.15, -0.1) is 0 Å². The second-order valence-corrected chi connectivity index (χ2v) is 35.3.